The lowest BCUT2D eigenvalue weighted by Crippen LogP contribution is -1.97. The summed E-state index contributed by atoms with van der Waals surface area (Å²) < 4.78 is 1.28. The average Bonchev–Trinajstić information content (AvgIpc) is 3.78. The molecular weight excluding hydrogens is 757 g/mol. The van der Waals surface area contributed by atoms with Gasteiger partial charge >= 0.3 is 0 Å². The predicted molar refractivity (Wildman–Crippen MR) is 260 cm³/mol. The molecule has 0 N–H and O–H groups in total. The average molecular weight is 793 g/mol. The molecule has 12 aromatic rings. The second-order valence-electron chi connectivity index (χ2n) is 15.7. The Balaban J connectivity index is 0.992. The van der Waals surface area contributed by atoms with Gasteiger partial charge in [-0.3, -0.25) is 0 Å². The van der Waals surface area contributed by atoms with Crippen LogP contribution in [0, 0.1) is 0 Å². The Bertz CT molecular complexity index is 3610. The lowest BCUT2D eigenvalue weighted by molar-refractivity contribution is 1.19. The zero-order valence-electron chi connectivity index (χ0n) is 33.1. The summed E-state index contributed by atoms with van der Waals surface area (Å²) in [5, 5.41) is 11.2. The minimum atomic E-state index is 0.706. The summed E-state index contributed by atoms with van der Waals surface area (Å²) in [5.41, 5.74) is 10.9. The van der Waals surface area contributed by atoms with Crippen LogP contribution in [0.2, 0.25) is 0 Å². The summed E-state index contributed by atoms with van der Waals surface area (Å²) >= 11 is 1.82. The number of aromatic nitrogens is 2. The Morgan fingerprint density at radius 1 is 0.295 bits per heavy atom. The summed E-state index contributed by atoms with van der Waals surface area (Å²) in [6.07, 6.45) is 0. The number of nitrogens with zero attached hydrogens (tertiary/aromatic N) is 2. The van der Waals surface area contributed by atoms with Gasteiger partial charge in [0.05, 0.1) is 11.4 Å². The second-order valence-corrected chi connectivity index (χ2v) is 16.7. The number of rotatable bonds is 6. The van der Waals surface area contributed by atoms with Gasteiger partial charge in [-0.15, -0.1) is 11.3 Å². The van der Waals surface area contributed by atoms with Crippen LogP contribution in [0.15, 0.2) is 218 Å². The summed E-state index contributed by atoms with van der Waals surface area (Å²) in [6.45, 7) is 0. The molecular formula is C58H36N2S. The van der Waals surface area contributed by atoms with Crippen molar-refractivity contribution in [2.75, 3.05) is 0 Å². The van der Waals surface area contributed by atoms with Gasteiger partial charge in [0.1, 0.15) is 0 Å². The van der Waals surface area contributed by atoms with Crippen LogP contribution in [0.25, 0.3) is 120 Å². The van der Waals surface area contributed by atoms with Gasteiger partial charge in [0.25, 0.3) is 0 Å². The highest BCUT2D eigenvalue weighted by Gasteiger charge is 2.18. The number of hydrogen-bond donors (Lipinski definition) is 0. The van der Waals surface area contributed by atoms with E-state index in [1.165, 1.54) is 80.5 Å². The number of thiophene rings is 1. The van der Waals surface area contributed by atoms with E-state index in [-0.39, 0.29) is 0 Å². The molecule has 0 aliphatic rings. The van der Waals surface area contributed by atoms with Crippen LogP contribution < -0.4 is 0 Å². The first kappa shape index (κ1) is 35.2. The van der Waals surface area contributed by atoms with E-state index in [0.717, 1.165) is 33.5 Å². The van der Waals surface area contributed by atoms with Crippen molar-refractivity contribution in [3.05, 3.63) is 218 Å². The van der Waals surface area contributed by atoms with Crippen LogP contribution >= 0.6 is 11.3 Å². The first-order valence-electron chi connectivity index (χ1n) is 20.7. The molecule has 284 valence electrons. The molecule has 2 aromatic heterocycles. The van der Waals surface area contributed by atoms with E-state index < -0.39 is 0 Å². The van der Waals surface area contributed by atoms with Crippen LogP contribution in [-0.2, 0) is 0 Å². The highest BCUT2D eigenvalue weighted by molar-refractivity contribution is 7.22. The van der Waals surface area contributed by atoms with Crippen molar-refractivity contribution in [3.63, 3.8) is 0 Å². The number of benzene rings is 10. The van der Waals surface area contributed by atoms with Crippen molar-refractivity contribution in [2.45, 2.75) is 0 Å². The first-order chi connectivity index (χ1) is 30.2. The van der Waals surface area contributed by atoms with Crippen molar-refractivity contribution in [2.24, 2.45) is 0 Å². The van der Waals surface area contributed by atoms with E-state index in [4.69, 9.17) is 9.97 Å². The van der Waals surface area contributed by atoms with Gasteiger partial charge in [-0.1, -0.05) is 194 Å². The van der Waals surface area contributed by atoms with E-state index in [1.807, 2.05) is 17.4 Å². The molecule has 0 radical (unpaired) electrons. The molecule has 61 heavy (non-hydrogen) atoms. The van der Waals surface area contributed by atoms with Crippen LogP contribution in [0.3, 0.4) is 0 Å². The Hall–Kier alpha value is -7.72. The molecule has 0 amide bonds. The van der Waals surface area contributed by atoms with E-state index in [2.05, 4.69) is 212 Å². The van der Waals surface area contributed by atoms with Crippen molar-refractivity contribution in [3.8, 4) is 66.6 Å². The van der Waals surface area contributed by atoms with Crippen LogP contribution in [-0.4, -0.2) is 9.97 Å². The zero-order valence-corrected chi connectivity index (χ0v) is 33.9. The molecule has 0 unspecified atom stereocenters. The summed E-state index contributed by atoms with van der Waals surface area (Å²) in [6, 6.07) is 78.8. The van der Waals surface area contributed by atoms with Gasteiger partial charge in [-0.05, 0) is 95.0 Å². The summed E-state index contributed by atoms with van der Waals surface area (Å²) in [4.78, 5) is 11.8. The normalized spacial score (nSPS) is 11.6. The van der Waals surface area contributed by atoms with Gasteiger partial charge in [0, 0.05) is 31.8 Å². The molecule has 2 nitrogen and oxygen atoms in total. The van der Waals surface area contributed by atoms with E-state index in [0.29, 0.717) is 5.82 Å². The lowest BCUT2D eigenvalue weighted by atomic mass is 9.88. The maximum atomic E-state index is 5.29. The maximum absolute atomic E-state index is 5.29. The molecule has 0 saturated carbocycles. The first-order valence-corrected chi connectivity index (χ1v) is 21.5. The van der Waals surface area contributed by atoms with Crippen molar-refractivity contribution in [1.82, 2.24) is 9.97 Å². The maximum Gasteiger partial charge on any atom is 0.160 e. The Kier molecular flexibility index (Phi) is 8.39. The Morgan fingerprint density at radius 2 is 0.885 bits per heavy atom. The fraction of sp³-hybridized carbons (Fsp3) is 0. The minimum Gasteiger partial charge on any atom is -0.228 e. The van der Waals surface area contributed by atoms with E-state index in [1.54, 1.807) is 0 Å². The van der Waals surface area contributed by atoms with Crippen LogP contribution in [0.5, 0.6) is 0 Å². The third-order valence-electron chi connectivity index (χ3n) is 12.1. The minimum absolute atomic E-state index is 0.706. The third-order valence-corrected chi connectivity index (χ3v) is 13.3. The van der Waals surface area contributed by atoms with Crippen molar-refractivity contribution in [1.29, 1.82) is 0 Å². The molecule has 2 heterocycles. The molecule has 10 aromatic carbocycles. The topological polar surface area (TPSA) is 25.8 Å². The largest absolute Gasteiger partial charge is 0.228 e. The molecule has 0 spiro atoms. The van der Waals surface area contributed by atoms with Gasteiger partial charge in [-0.2, -0.15) is 0 Å². The van der Waals surface area contributed by atoms with Crippen molar-refractivity contribution < 1.29 is 0 Å². The quantitative estimate of drug-likeness (QED) is 0.124. The Labute approximate surface area is 357 Å². The van der Waals surface area contributed by atoms with E-state index >= 15 is 0 Å². The van der Waals surface area contributed by atoms with Gasteiger partial charge in [-0.25, -0.2) is 9.97 Å². The molecule has 0 atom stereocenters. The van der Waals surface area contributed by atoms with Crippen molar-refractivity contribution >= 4 is 64.5 Å². The molecule has 0 fully saturated rings. The summed E-state index contributed by atoms with van der Waals surface area (Å²) in [7, 11) is 0. The number of hydrogen-bond acceptors (Lipinski definition) is 3. The highest BCUT2D eigenvalue weighted by Crippen LogP contribution is 2.43. The van der Waals surface area contributed by atoms with E-state index in [9.17, 15) is 0 Å². The van der Waals surface area contributed by atoms with Gasteiger partial charge in [0.15, 0.2) is 5.82 Å². The monoisotopic (exact) mass is 792 g/mol. The molecule has 0 bridgehead atoms. The predicted octanol–water partition coefficient (Wildman–Crippen LogP) is 16.3. The van der Waals surface area contributed by atoms with Crippen LogP contribution in [0.4, 0.5) is 0 Å². The lowest BCUT2D eigenvalue weighted by Gasteiger charge is -2.16. The smallest absolute Gasteiger partial charge is 0.160 e. The molecule has 0 aliphatic carbocycles. The molecule has 12 rings (SSSR count). The fourth-order valence-corrected chi connectivity index (χ4v) is 10.3. The molecule has 0 aliphatic heterocycles. The zero-order chi connectivity index (χ0) is 40.3. The Morgan fingerprint density at radius 3 is 1.67 bits per heavy atom. The third kappa shape index (κ3) is 6.09. The SMILES string of the molecule is c1ccc(-c2nc(-c3ccccc3-c3cc4ccccc4s3)cc(-c3ccc(-c4ccc(-c5c6ccccc6cc6c5ccc5ccccc56)cc4)c4ccccc34)n2)cc1. The van der Waals surface area contributed by atoms with Crippen LogP contribution in [0.1, 0.15) is 0 Å². The number of fused-ring (bicyclic) bond motifs is 6. The standard InChI is InChI=1S/C58H36N2S/c1-2-15-40(16-3-1)58-59-53(48-23-11-12-24-50(48)56-35-42-18-6-13-25-55(42)61-56)36-54(60-58)49-33-32-44(46-21-9-10-22-47(46)49)38-26-28-39(29-27-38)57-45-20-8-5-17-41(45)34-52-43-19-7-4-14-37(43)30-31-51(52)57/h1-36H. The fourth-order valence-electron chi connectivity index (χ4n) is 9.20. The van der Waals surface area contributed by atoms with Gasteiger partial charge < -0.3 is 0 Å². The van der Waals surface area contributed by atoms with Gasteiger partial charge in [0.2, 0.25) is 0 Å². The summed E-state index contributed by atoms with van der Waals surface area (Å²) in [5.74, 6) is 0.706. The molecule has 0 saturated heterocycles. The highest BCUT2D eigenvalue weighted by atomic mass is 32.1. The molecule has 3 heteroatoms. The second kappa shape index (κ2) is 14.5.